The van der Waals surface area contributed by atoms with E-state index in [9.17, 15) is 9.59 Å². The van der Waals surface area contributed by atoms with Gasteiger partial charge in [0.05, 0.1) is 5.41 Å². The summed E-state index contributed by atoms with van der Waals surface area (Å²) in [7, 11) is 0. The molecule has 16 heavy (non-hydrogen) atoms. The van der Waals surface area contributed by atoms with Gasteiger partial charge < -0.3 is 0 Å². The number of hydrogen-bond donors (Lipinski definition) is 1. The van der Waals surface area contributed by atoms with Crippen molar-refractivity contribution in [3.8, 4) is 0 Å². The number of hydrogen-bond acceptors (Lipinski definition) is 2. The Hall–Kier alpha value is -1.64. The molecule has 0 atom stereocenters. The summed E-state index contributed by atoms with van der Waals surface area (Å²) in [5.74, 6) is -0.350. The first-order valence-electron chi connectivity index (χ1n) is 5.61. The van der Waals surface area contributed by atoms with Crippen molar-refractivity contribution < 1.29 is 9.59 Å². The van der Waals surface area contributed by atoms with Crippen LogP contribution in [0.15, 0.2) is 18.2 Å². The predicted molar refractivity (Wildman–Crippen MR) is 59.2 cm³/mol. The van der Waals surface area contributed by atoms with Gasteiger partial charge in [-0.25, -0.2) is 0 Å². The Morgan fingerprint density at radius 3 is 2.62 bits per heavy atom. The molecule has 82 valence electrons. The lowest BCUT2D eigenvalue weighted by Crippen LogP contribution is -2.55. The molecule has 0 aromatic heterocycles. The topological polar surface area (TPSA) is 46.2 Å². The molecule has 2 aliphatic rings. The quantitative estimate of drug-likeness (QED) is 0.669. The molecule has 1 N–H and O–H groups in total. The minimum absolute atomic E-state index is 0.109. The zero-order valence-electron chi connectivity index (χ0n) is 9.17. The summed E-state index contributed by atoms with van der Waals surface area (Å²) in [6, 6.07) is 5.78. The van der Waals surface area contributed by atoms with Gasteiger partial charge in [-0.05, 0) is 30.9 Å². The van der Waals surface area contributed by atoms with Crippen molar-refractivity contribution >= 4 is 11.8 Å². The van der Waals surface area contributed by atoms with Crippen LogP contribution < -0.4 is 5.32 Å². The monoisotopic (exact) mass is 215 g/mol. The second kappa shape index (κ2) is 2.94. The van der Waals surface area contributed by atoms with Gasteiger partial charge in [0.2, 0.25) is 5.91 Å². The fourth-order valence-corrected chi connectivity index (χ4v) is 2.80. The van der Waals surface area contributed by atoms with Crippen LogP contribution in [0.25, 0.3) is 0 Å². The van der Waals surface area contributed by atoms with Crippen LogP contribution in [0.3, 0.4) is 0 Å². The predicted octanol–water partition coefficient (Wildman–Crippen LogP) is 1.69. The highest BCUT2D eigenvalue weighted by Crippen LogP contribution is 2.47. The number of carbonyl (C=O) groups is 2. The molecule has 1 aromatic rings. The molecule has 3 nitrogen and oxygen atoms in total. The van der Waals surface area contributed by atoms with Crippen molar-refractivity contribution in [2.45, 2.75) is 31.6 Å². The molecule has 0 bridgehead atoms. The van der Waals surface area contributed by atoms with Crippen LogP contribution in [0.4, 0.5) is 0 Å². The van der Waals surface area contributed by atoms with Gasteiger partial charge in [0.1, 0.15) is 0 Å². The fraction of sp³-hybridized carbons (Fsp3) is 0.385. The van der Waals surface area contributed by atoms with Crippen LogP contribution >= 0.6 is 0 Å². The van der Waals surface area contributed by atoms with E-state index in [-0.39, 0.29) is 11.8 Å². The zero-order chi connectivity index (χ0) is 11.3. The Kier molecular flexibility index (Phi) is 1.76. The molecule has 0 unspecified atom stereocenters. The van der Waals surface area contributed by atoms with E-state index in [0.717, 1.165) is 30.4 Å². The highest BCUT2D eigenvalue weighted by atomic mass is 16.2. The van der Waals surface area contributed by atoms with Crippen LogP contribution in [0, 0.1) is 6.92 Å². The lowest BCUT2D eigenvalue weighted by Gasteiger charge is -2.44. The number of benzene rings is 1. The molecule has 1 aromatic carbocycles. The Labute approximate surface area is 93.8 Å². The molecular formula is C13H13NO2. The molecule has 1 aliphatic heterocycles. The van der Waals surface area contributed by atoms with Crippen LogP contribution in [0.1, 0.15) is 40.7 Å². The Morgan fingerprint density at radius 1 is 1.25 bits per heavy atom. The summed E-state index contributed by atoms with van der Waals surface area (Å²) < 4.78 is 0. The third kappa shape index (κ3) is 0.979. The van der Waals surface area contributed by atoms with E-state index in [4.69, 9.17) is 0 Å². The first kappa shape index (κ1) is 9.58. The first-order valence-corrected chi connectivity index (χ1v) is 5.61. The minimum atomic E-state index is -0.407. The molecule has 0 radical (unpaired) electrons. The highest BCUT2D eigenvalue weighted by Gasteiger charge is 2.50. The number of imide groups is 1. The molecule has 1 aliphatic carbocycles. The summed E-state index contributed by atoms with van der Waals surface area (Å²) in [5.41, 5.74) is 2.19. The van der Waals surface area contributed by atoms with E-state index in [1.165, 1.54) is 0 Å². The number of fused-ring (bicyclic) bond motifs is 2. The van der Waals surface area contributed by atoms with E-state index in [0.29, 0.717) is 5.56 Å². The van der Waals surface area contributed by atoms with Gasteiger partial charge >= 0.3 is 0 Å². The normalized spacial score (nSPS) is 21.3. The molecule has 1 heterocycles. The largest absolute Gasteiger partial charge is 0.292 e. The van der Waals surface area contributed by atoms with Crippen LogP contribution in [0.5, 0.6) is 0 Å². The summed E-state index contributed by atoms with van der Waals surface area (Å²) in [6.07, 6.45) is 2.79. The average molecular weight is 215 g/mol. The smallest absolute Gasteiger partial charge is 0.258 e. The first-order chi connectivity index (χ1) is 7.65. The average Bonchev–Trinajstić information content (AvgIpc) is 2.14. The molecule has 3 rings (SSSR count). The van der Waals surface area contributed by atoms with Crippen molar-refractivity contribution in [2.75, 3.05) is 0 Å². The van der Waals surface area contributed by atoms with Gasteiger partial charge in [0.15, 0.2) is 0 Å². The summed E-state index contributed by atoms with van der Waals surface area (Å²) in [5, 5.41) is 2.49. The fourth-order valence-electron chi connectivity index (χ4n) is 2.80. The van der Waals surface area contributed by atoms with Crippen LogP contribution in [-0.2, 0) is 10.2 Å². The third-order valence-corrected chi connectivity index (χ3v) is 3.88. The van der Waals surface area contributed by atoms with Crippen molar-refractivity contribution in [1.82, 2.24) is 5.32 Å². The summed E-state index contributed by atoms with van der Waals surface area (Å²) >= 11 is 0. The minimum Gasteiger partial charge on any atom is -0.292 e. The van der Waals surface area contributed by atoms with E-state index < -0.39 is 5.41 Å². The van der Waals surface area contributed by atoms with E-state index >= 15 is 0 Å². The summed E-state index contributed by atoms with van der Waals surface area (Å²) in [6.45, 7) is 1.92. The molecule has 3 heteroatoms. The second-order valence-electron chi connectivity index (χ2n) is 4.72. The second-order valence-corrected chi connectivity index (χ2v) is 4.72. The lowest BCUT2D eigenvalue weighted by molar-refractivity contribution is -0.129. The van der Waals surface area contributed by atoms with Crippen molar-refractivity contribution in [3.05, 3.63) is 34.9 Å². The Balaban J connectivity index is 2.27. The number of aryl methyl sites for hydroxylation is 1. The van der Waals surface area contributed by atoms with Crippen LogP contribution in [-0.4, -0.2) is 11.8 Å². The number of rotatable bonds is 0. The number of nitrogens with one attached hydrogen (secondary N) is 1. The van der Waals surface area contributed by atoms with Gasteiger partial charge in [-0.1, -0.05) is 24.6 Å². The Morgan fingerprint density at radius 2 is 2.00 bits per heavy atom. The van der Waals surface area contributed by atoms with Gasteiger partial charge in [-0.3, -0.25) is 14.9 Å². The van der Waals surface area contributed by atoms with E-state index in [1.54, 1.807) is 0 Å². The maximum atomic E-state index is 12.0. The molecule has 0 saturated heterocycles. The molecule has 1 spiro atoms. The van der Waals surface area contributed by atoms with Crippen molar-refractivity contribution in [3.63, 3.8) is 0 Å². The van der Waals surface area contributed by atoms with E-state index in [2.05, 4.69) is 5.32 Å². The number of carbonyl (C=O) groups excluding carboxylic acids is 2. The van der Waals surface area contributed by atoms with Gasteiger partial charge in [-0.2, -0.15) is 0 Å². The molecule has 1 fully saturated rings. The molecular weight excluding hydrogens is 202 g/mol. The lowest BCUT2D eigenvalue weighted by atomic mass is 9.61. The maximum absolute atomic E-state index is 12.0. The van der Waals surface area contributed by atoms with Gasteiger partial charge in [0, 0.05) is 5.56 Å². The van der Waals surface area contributed by atoms with Crippen molar-refractivity contribution in [1.29, 1.82) is 0 Å². The van der Waals surface area contributed by atoms with Crippen molar-refractivity contribution in [2.24, 2.45) is 0 Å². The maximum Gasteiger partial charge on any atom is 0.258 e. The summed E-state index contributed by atoms with van der Waals surface area (Å²) in [4.78, 5) is 23.8. The molecule has 2 amide bonds. The van der Waals surface area contributed by atoms with Crippen LogP contribution in [0.2, 0.25) is 0 Å². The zero-order valence-corrected chi connectivity index (χ0v) is 9.17. The SMILES string of the molecule is Cc1cccc2c1C(=O)NC(=O)C21CCC1. The third-order valence-electron chi connectivity index (χ3n) is 3.88. The van der Waals surface area contributed by atoms with E-state index in [1.807, 2.05) is 25.1 Å². The Bertz CT molecular complexity index is 501. The van der Waals surface area contributed by atoms with Gasteiger partial charge in [0.25, 0.3) is 5.91 Å². The standard InChI is InChI=1S/C13H13NO2/c1-8-4-2-5-9-10(8)11(15)14-12(16)13(9)6-3-7-13/h2,4-5H,3,6-7H2,1H3,(H,14,15,16). The van der Waals surface area contributed by atoms with Gasteiger partial charge in [-0.15, -0.1) is 0 Å². The highest BCUT2D eigenvalue weighted by molar-refractivity contribution is 6.14. The molecule has 1 saturated carbocycles. The number of amides is 2.